The fourth-order valence-corrected chi connectivity index (χ4v) is 4.93. The van der Waals surface area contributed by atoms with Crippen molar-refractivity contribution in [2.75, 3.05) is 11.5 Å². The molecule has 5 rings (SSSR count). The Labute approximate surface area is 209 Å². The van der Waals surface area contributed by atoms with Gasteiger partial charge in [0.05, 0.1) is 23.1 Å². The van der Waals surface area contributed by atoms with Gasteiger partial charge in [0.15, 0.2) is 12.4 Å². The molecule has 1 saturated heterocycles. The van der Waals surface area contributed by atoms with Crippen LogP contribution in [0.4, 0.5) is 5.69 Å². The van der Waals surface area contributed by atoms with E-state index >= 15 is 0 Å². The van der Waals surface area contributed by atoms with E-state index in [4.69, 9.17) is 4.74 Å². The van der Waals surface area contributed by atoms with Crippen molar-refractivity contribution in [3.8, 4) is 11.1 Å². The lowest BCUT2D eigenvalue weighted by molar-refractivity contribution is -0.122. The summed E-state index contributed by atoms with van der Waals surface area (Å²) in [5.41, 5.74) is 3.15. The first-order valence-corrected chi connectivity index (χ1v) is 11.9. The van der Waals surface area contributed by atoms with Gasteiger partial charge in [0, 0.05) is 5.56 Å². The second-order valence-corrected chi connectivity index (χ2v) is 9.16. The molecule has 0 saturated carbocycles. The van der Waals surface area contributed by atoms with Crippen LogP contribution in [0.1, 0.15) is 34.1 Å². The van der Waals surface area contributed by atoms with Gasteiger partial charge < -0.3 is 4.74 Å². The summed E-state index contributed by atoms with van der Waals surface area (Å²) >= 11 is 0. The largest absolute Gasteiger partial charge is 0.454 e. The second-order valence-electron chi connectivity index (χ2n) is 9.16. The number of carbonyl (C=O) groups is 4. The summed E-state index contributed by atoms with van der Waals surface area (Å²) in [4.78, 5) is 52.0. The number of amides is 2. The van der Waals surface area contributed by atoms with Crippen LogP contribution in [-0.4, -0.2) is 30.2 Å². The number of carbonyl (C=O) groups excluding carboxylic acids is 4. The number of hydrogen-bond acceptors (Lipinski definition) is 5. The van der Waals surface area contributed by atoms with Crippen molar-refractivity contribution in [2.24, 2.45) is 17.8 Å². The molecule has 3 atom stereocenters. The smallest absolute Gasteiger partial charge is 0.338 e. The summed E-state index contributed by atoms with van der Waals surface area (Å²) in [5.74, 6) is -2.05. The van der Waals surface area contributed by atoms with Crippen molar-refractivity contribution < 1.29 is 23.9 Å². The van der Waals surface area contributed by atoms with Crippen LogP contribution in [0.15, 0.2) is 91.0 Å². The maximum atomic E-state index is 12.9. The van der Waals surface area contributed by atoms with E-state index in [0.717, 1.165) is 11.1 Å². The fraction of sp³-hybridized carbons (Fsp3) is 0.200. The van der Waals surface area contributed by atoms with Crippen LogP contribution in [0.2, 0.25) is 0 Å². The lowest BCUT2D eigenvalue weighted by Gasteiger charge is -2.22. The number of fused-ring (bicyclic) bond motifs is 1. The normalized spacial score (nSPS) is 20.8. The summed E-state index contributed by atoms with van der Waals surface area (Å²) in [6.07, 6.45) is 4.50. The molecular formula is C30H25NO5. The maximum absolute atomic E-state index is 12.9. The zero-order chi connectivity index (χ0) is 25.2. The fourth-order valence-electron chi connectivity index (χ4n) is 4.93. The van der Waals surface area contributed by atoms with Crippen molar-refractivity contribution in [1.82, 2.24) is 0 Å². The number of benzene rings is 3. The molecule has 3 aromatic rings. The van der Waals surface area contributed by atoms with Crippen LogP contribution in [0.5, 0.6) is 0 Å². The molecule has 3 aromatic carbocycles. The number of nitrogens with zero attached hydrogens (tertiary/aromatic N) is 1. The predicted octanol–water partition coefficient (Wildman–Crippen LogP) is 5.09. The van der Waals surface area contributed by atoms with Crippen LogP contribution in [0.25, 0.3) is 11.1 Å². The summed E-state index contributed by atoms with van der Waals surface area (Å²) in [6, 6.07) is 23.1. The average Bonchev–Trinajstić information content (AvgIpc) is 3.18. The van der Waals surface area contributed by atoms with Gasteiger partial charge in [-0.3, -0.25) is 19.3 Å². The number of imide groups is 1. The Morgan fingerprint density at radius 3 is 2.14 bits per heavy atom. The van der Waals surface area contributed by atoms with E-state index in [2.05, 4.69) is 0 Å². The third kappa shape index (κ3) is 4.38. The number of esters is 1. The first kappa shape index (κ1) is 23.4. The number of hydrogen-bond donors (Lipinski definition) is 0. The number of Topliss-reactive ketones (excluding diaryl/α,β-unsaturated/α-hetero) is 1. The number of ketones is 1. The minimum absolute atomic E-state index is 0.00605. The molecule has 0 aromatic heterocycles. The average molecular weight is 480 g/mol. The summed E-state index contributed by atoms with van der Waals surface area (Å²) < 4.78 is 5.21. The Morgan fingerprint density at radius 2 is 1.47 bits per heavy atom. The first-order chi connectivity index (χ1) is 17.4. The Balaban J connectivity index is 1.20. The van der Waals surface area contributed by atoms with Gasteiger partial charge >= 0.3 is 5.97 Å². The third-order valence-electron chi connectivity index (χ3n) is 6.88. The highest BCUT2D eigenvalue weighted by molar-refractivity contribution is 6.22. The molecule has 0 bridgehead atoms. The van der Waals surface area contributed by atoms with Gasteiger partial charge in [-0.15, -0.1) is 0 Å². The molecule has 180 valence electrons. The van der Waals surface area contributed by atoms with E-state index in [1.54, 1.807) is 24.3 Å². The summed E-state index contributed by atoms with van der Waals surface area (Å²) in [6.45, 7) is 1.56. The van der Waals surface area contributed by atoms with Crippen LogP contribution >= 0.6 is 0 Å². The van der Waals surface area contributed by atoms with Crippen molar-refractivity contribution in [2.45, 2.75) is 13.3 Å². The third-order valence-corrected chi connectivity index (χ3v) is 6.88. The monoisotopic (exact) mass is 479 g/mol. The van der Waals surface area contributed by atoms with Crippen molar-refractivity contribution >= 4 is 29.3 Å². The lowest BCUT2D eigenvalue weighted by Crippen LogP contribution is -2.31. The maximum Gasteiger partial charge on any atom is 0.338 e. The quantitative estimate of drug-likeness (QED) is 0.213. The molecule has 36 heavy (non-hydrogen) atoms. The van der Waals surface area contributed by atoms with Gasteiger partial charge in [0.2, 0.25) is 11.8 Å². The van der Waals surface area contributed by atoms with Gasteiger partial charge in [-0.2, -0.15) is 0 Å². The topological polar surface area (TPSA) is 80.8 Å². The zero-order valence-corrected chi connectivity index (χ0v) is 19.8. The molecule has 0 radical (unpaired) electrons. The highest BCUT2D eigenvalue weighted by atomic mass is 16.5. The van der Waals surface area contributed by atoms with Crippen LogP contribution in [-0.2, 0) is 14.3 Å². The molecule has 6 heteroatoms. The van der Waals surface area contributed by atoms with E-state index in [0.29, 0.717) is 17.7 Å². The molecule has 1 aliphatic heterocycles. The lowest BCUT2D eigenvalue weighted by atomic mass is 9.78. The Morgan fingerprint density at radius 1 is 0.833 bits per heavy atom. The van der Waals surface area contributed by atoms with Gasteiger partial charge in [-0.1, -0.05) is 73.7 Å². The molecule has 0 spiro atoms. The van der Waals surface area contributed by atoms with Crippen molar-refractivity contribution in [3.63, 3.8) is 0 Å². The van der Waals surface area contributed by atoms with Crippen LogP contribution in [0, 0.1) is 17.8 Å². The first-order valence-electron chi connectivity index (χ1n) is 11.9. The van der Waals surface area contributed by atoms with E-state index < -0.39 is 5.97 Å². The number of rotatable bonds is 6. The van der Waals surface area contributed by atoms with Gasteiger partial charge in [0.1, 0.15) is 0 Å². The van der Waals surface area contributed by atoms with E-state index in [-0.39, 0.29) is 47.5 Å². The molecule has 6 nitrogen and oxygen atoms in total. The Kier molecular flexibility index (Phi) is 6.34. The van der Waals surface area contributed by atoms with Gasteiger partial charge in [0.25, 0.3) is 0 Å². The van der Waals surface area contributed by atoms with Crippen molar-refractivity contribution in [3.05, 3.63) is 102 Å². The molecule has 0 N–H and O–H groups in total. The standard InChI is InChI=1S/C30H25NO5/c1-19-6-5-9-25-27(19)29(34)31(28(25)33)24-16-14-23(15-17-24)30(35)36-18-26(32)22-12-10-21(11-13-22)20-7-3-2-4-8-20/h2-8,10-17,19,25,27H,9,18H2,1H3/t19-,25+,27+/m1/s1. The molecule has 2 aliphatic rings. The SMILES string of the molecule is C[C@@H]1C=CC[C@@H]2C(=O)N(c3ccc(C(=O)OCC(=O)c4ccc(-c5ccccc5)cc4)cc3)C(=O)[C@@H]12. The highest BCUT2D eigenvalue weighted by Gasteiger charge is 2.50. The van der Waals surface area contributed by atoms with E-state index in [9.17, 15) is 19.2 Å². The van der Waals surface area contributed by atoms with E-state index in [1.165, 1.54) is 17.0 Å². The highest BCUT2D eigenvalue weighted by Crippen LogP contribution is 2.40. The minimum Gasteiger partial charge on any atom is -0.454 e. The van der Waals surface area contributed by atoms with Crippen LogP contribution < -0.4 is 4.90 Å². The predicted molar refractivity (Wildman–Crippen MR) is 135 cm³/mol. The van der Waals surface area contributed by atoms with Crippen molar-refractivity contribution in [1.29, 1.82) is 0 Å². The number of anilines is 1. The molecule has 1 heterocycles. The second kappa shape index (κ2) is 9.74. The molecule has 2 amide bonds. The van der Waals surface area contributed by atoms with Gasteiger partial charge in [-0.05, 0) is 47.7 Å². The minimum atomic E-state index is -0.652. The molecule has 0 unspecified atom stereocenters. The summed E-state index contributed by atoms with van der Waals surface area (Å²) in [7, 11) is 0. The molecule has 1 fully saturated rings. The van der Waals surface area contributed by atoms with Gasteiger partial charge in [-0.25, -0.2) is 4.79 Å². The van der Waals surface area contributed by atoms with E-state index in [1.807, 2.05) is 61.5 Å². The number of ether oxygens (including phenoxy) is 1. The Bertz CT molecular complexity index is 1340. The summed E-state index contributed by atoms with van der Waals surface area (Å²) in [5, 5.41) is 0. The number of allylic oxidation sites excluding steroid dienone is 2. The van der Waals surface area contributed by atoms with Crippen LogP contribution in [0.3, 0.4) is 0 Å². The molecular weight excluding hydrogens is 454 g/mol. The molecule has 1 aliphatic carbocycles. The Hall–Kier alpha value is -4.32. The zero-order valence-electron chi connectivity index (χ0n) is 19.8.